The van der Waals surface area contributed by atoms with Crippen molar-refractivity contribution in [3.05, 3.63) is 29.8 Å². The summed E-state index contributed by atoms with van der Waals surface area (Å²) >= 11 is 0. The molecular weight excluding hydrogens is 188 g/mol. The lowest BCUT2D eigenvalue weighted by molar-refractivity contribution is 0.157. The van der Waals surface area contributed by atoms with Gasteiger partial charge in [-0.25, -0.2) is 0 Å². The number of aliphatic hydroxyl groups is 1. The Morgan fingerprint density at radius 1 is 1.13 bits per heavy atom. The number of rotatable bonds is 5. The summed E-state index contributed by atoms with van der Waals surface area (Å²) in [4.78, 5) is 0. The second-order valence-electron chi connectivity index (χ2n) is 4.20. The van der Waals surface area contributed by atoms with E-state index in [0.29, 0.717) is 5.92 Å². The zero-order chi connectivity index (χ0) is 11.3. The molecule has 2 N–H and O–H groups in total. The molecule has 0 aromatic heterocycles. The van der Waals surface area contributed by atoms with Crippen LogP contribution >= 0.6 is 0 Å². The van der Waals surface area contributed by atoms with Crippen LogP contribution < -0.4 is 0 Å². The van der Waals surface area contributed by atoms with Gasteiger partial charge < -0.3 is 10.2 Å². The summed E-state index contributed by atoms with van der Waals surface area (Å²) in [6.07, 6.45) is 2.58. The van der Waals surface area contributed by atoms with Gasteiger partial charge in [-0.1, -0.05) is 32.4 Å². The van der Waals surface area contributed by atoms with Crippen molar-refractivity contribution in [1.29, 1.82) is 0 Å². The van der Waals surface area contributed by atoms with E-state index in [0.717, 1.165) is 24.8 Å². The molecule has 2 heteroatoms. The minimum absolute atomic E-state index is 0.243. The Bertz CT molecular complexity index is 279. The van der Waals surface area contributed by atoms with Crippen LogP contribution in [-0.2, 0) is 0 Å². The van der Waals surface area contributed by atoms with Crippen LogP contribution in [0.4, 0.5) is 0 Å². The van der Waals surface area contributed by atoms with E-state index in [1.165, 1.54) is 0 Å². The first-order valence-corrected chi connectivity index (χ1v) is 5.60. The van der Waals surface area contributed by atoms with Crippen LogP contribution in [0.5, 0.6) is 5.75 Å². The number of hydrogen-bond donors (Lipinski definition) is 2. The third kappa shape index (κ3) is 3.92. The predicted octanol–water partition coefficient (Wildman–Crippen LogP) is 3.25. The number of phenolic OH excluding ortho intramolecular Hbond substituents is 1. The number of hydrogen-bond acceptors (Lipinski definition) is 2. The number of aliphatic hydroxyl groups excluding tert-OH is 1. The highest BCUT2D eigenvalue weighted by Gasteiger charge is 2.09. The highest BCUT2D eigenvalue weighted by Crippen LogP contribution is 2.23. The van der Waals surface area contributed by atoms with Crippen LogP contribution in [0.1, 0.15) is 44.8 Å². The maximum Gasteiger partial charge on any atom is 0.115 e. The van der Waals surface area contributed by atoms with E-state index in [9.17, 15) is 5.11 Å². The minimum atomic E-state index is -0.403. The van der Waals surface area contributed by atoms with E-state index in [1.54, 1.807) is 24.3 Å². The fourth-order valence-corrected chi connectivity index (χ4v) is 1.51. The third-order valence-corrected chi connectivity index (χ3v) is 2.91. The highest BCUT2D eigenvalue weighted by molar-refractivity contribution is 5.27. The monoisotopic (exact) mass is 208 g/mol. The lowest BCUT2D eigenvalue weighted by Crippen LogP contribution is -2.00. The topological polar surface area (TPSA) is 40.5 Å². The first-order chi connectivity index (χ1) is 7.13. The summed E-state index contributed by atoms with van der Waals surface area (Å²) in [6.45, 7) is 4.36. The molecule has 0 saturated carbocycles. The van der Waals surface area contributed by atoms with Crippen molar-refractivity contribution in [3.63, 3.8) is 0 Å². The molecule has 84 valence electrons. The Morgan fingerprint density at radius 2 is 1.73 bits per heavy atom. The highest BCUT2D eigenvalue weighted by atomic mass is 16.3. The molecule has 0 amide bonds. The molecule has 0 heterocycles. The molecule has 0 bridgehead atoms. The average Bonchev–Trinajstić information content (AvgIpc) is 2.26. The van der Waals surface area contributed by atoms with Crippen molar-refractivity contribution in [2.45, 2.75) is 39.2 Å². The van der Waals surface area contributed by atoms with E-state index in [4.69, 9.17) is 5.11 Å². The van der Waals surface area contributed by atoms with Gasteiger partial charge in [-0.3, -0.25) is 0 Å². The molecule has 2 nitrogen and oxygen atoms in total. The van der Waals surface area contributed by atoms with Crippen LogP contribution in [0, 0.1) is 5.92 Å². The summed E-state index contributed by atoms with van der Waals surface area (Å²) in [7, 11) is 0. The van der Waals surface area contributed by atoms with Gasteiger partial charge in [0.15, 0.2) is 0 Å². The van der Waals surface area contributed by atoms with Gasteiger partial charge in [0.25, 0.3) is 0 Å². The zero-order valence-electron chi connectivity index (χ0n) is 9.48. The van der Waals surface area contributed by atoms with E-state index in [1.807, 2.05) is 0 Å². The first kappa shape index (κ1) is 12.1. The normalized spacial score (nSPS) is 14.9. The van der Waals surface area contributed by atoms with Crippen LogP contribution in [0.15, 0.2) is 24.3 Å². The van der Waals surface area contributed by atoms with Crippen molar-refractivity contribution < 1.29 is 10.2 Å². The Morgan fingerprint density at radius 3 is 2.27 bits per heavy atom. The lowest BCUT2D eigenvalue weighted by atomic mass is 9.97. The summed E-state index contributed by atoms with van der Waals surface area (Å²) in [5, 5.41) is 19.0. The number of aromatic hydroxyl groups is 1. The van der Waals surface area contributed by atoms with Crippen LogP contribution in [0.25, 0.3) is 0 Å². The molecule has 2 atom stereocenters. The van der Waals surface area contributed by atoms with Crippen LogP contribution in [0.3, 0.4) is 0 Å². The Labute approximate surface area is 91.6 Å². The second kappa shape index (κ2) is 5.76. The van der Waals surface area contributed by atoms with Crippen molar-refractivity contribution in [2.75, 3.05) is 0 Å². The van der Waals surface area contributed by atoms with E-state index in [2.05, 4.69) is 13.8 Å². The van der Waals surface area contributed by atoms with E-state index >= 15 is 0 Å². The summed E-state index contributed by atoms with van der Waals surface area (Å²) in [5.74, 6) is 0.907. The summed E-state index contributed by atoms with van der Waals surface area (Å²) in [5.41, 5.74) is 0.885. The molecule has 2 unspecified atom stereocenters. The molecule has 0 spiro atoms. The van der Waals surface area contributed by atoms with Gasteiger partial charge in [0.2, 0.25) is 0 Å². The van der Waals surface area contributed by atoms with Crippen molar-refractivity contribution >= 4 is 0 Å². The molecule has 0 radical (unpaired) electrons. The molecule has 0 aliphatic carbocycles. The van der Waals surface area contributed by atoms with Crippen molar-refractivity contribution in [3.8, 4) is 5.75 Å². The van der Waals surface area contributed by atoms with Gasteiger partial charge in [-0.15, -0.1) is 0 Å². The van der Waals surface area contributed by atoms with Gasteiger partial charge >= 0.3 is 0 Å². The summed E-state index contributed by atoms with van der Waals surface area (Å²) < 4.78 is 0. The number of benzene rings is 1. The third-order valence-electron chi connectivity index (χ3n) is 2.91. The van der Waals surface area contributed by atoms with Gasteiger partial charge in [-0.05, 0) is 36.5 Å². The van der Waals surface area contributed by atoms with Gasteiger partial charge in [0.05, 0.1) is 6.10 Å². The largest absolute Gasteiger partial charge is 0.508 e. The zero-order valence-corrected chi connectivity index (χ0v) is 9.48. The molecule has 0 aliphatic rings. The Balaban J connectivity index is 2.46. The molecule has 1 aromatic rings. The quantitative estimate of drug-likeness (QED) is 0.779. The Kier molecular flexibility index (Phi) is 4.63. The average molecular weight is 208 g/mol. The molecular formula is C13H20O2. The first-order valence-electron chi connectivity index (χ1n) is 5.60. The minimum Gasteiger partial charge on any atom is -0.508 e. The Hall–Kier alpha value is -1.02. The fraction of sp³-hybridized carbons (Fsp3) is 0.538. The SMILES string of the molecule is CCC(C)CCC(O)c1ccc(O)cc1. The van der Waals surface area contributed by atoms with Crippen molar-refractivity contribution in [2.24, 2.45) is 5.92 Å². The van der Waals surface area contributed by atoms with E-state index in [-0.39, 0.29) is 5.75 Å². The smallest absolute Gasteiger partial charge is 0.115 e. The van der Waals surface area contributed by atoms with Gasteiger partial charge in [0.1, 0.15) is 5.75 Å². The molecule has 15 heavy (non-hydrogen) atoms. The predicted molar refractivity (Wildman–Crippen MR) is 61.8 cm³/mol. The molecule has 0 saturated heterocycles. The lowest BCUT2D eigenvalue weighted by Gasteiger charge is -2.13. The molecule has 1 rings (SSSR count). The van der Waals surface area contributed by atoms with Gasteiger partial charge in [-0.2, -0.15) is 0 Å². The van der Waals surface area contributed by atoms with E-state index < -0.39 is 6.10 Å². The summed E-state index contributed by atoms with van der Waals surface area (Å²) in [6, 6.07) is 6.77. The maximum atomic E-state index is 9.87. The van der Waals surface area contributed by atoms with Gasteiger partial charge in [0, 0.05) is 0 Å². The molecule has 0 fully saturated rings. The maximum absolute atomic E-state index is 9.87. The molecule has 1 aromatic carbocycles. The fourth-order valence-electron chi connectivity index (χ4n) is 1.51. The van der Waals surface area contributed by atoms with Crippen LogP contribution in [0.2, 0.25) is 0 Å². The standard InChI is InChI=1S/C13H20O2/c1-3-10(2)4-9-13(15)11-5-7-12(14)8-6-11/h5-8,10,13-15H,3-4,9H2,1-2H3. The second-order valence-corrected chi connectivity index (χ2v) is 4.20. The number of phenols is 1. The van der Waals surface area contributed by atoms with Crippen LogP contribution in [-0.4, -0.2) is 10.2 Å². The molecule has 0 aliphatic heterocycles. The van der Waals surface area contributed by atoms with Crippen molar-refractivity contribution in [1.82, 2.24) is 0 Å².